The molecule has 1 aliphatic rings. The van der Waals surface area contributed by atoms with Crippen molar-refractivity contribution in [3.8, 4) is 0 Å². The van der Waals surface area contributed by atoms with Gasteiger partial charge < -0.3 is 4.74 Å². The minimum absolute atomic E-state index is 0.151. The Morgan fingerprint density at radius 3 is 3.18 bits per heavy atom. The largest absolute Gasteiger partial charge is 0.378 e. The standard InChI is InChI=1S/C12H22N4O/c1-16-8-7-12(15-16)11(14-13)6-2-4-10-5-3-9-17-10/h7-8,10-11,14H,2-6,9,13H2,1H3. The summed E-state index contributed by atoms with van der Waals surface area (Å²) in [7, 11) is 1.92. The first kappa shape index (κ1) is 12.5. The maximum absolute atomic E-state index is 5.61. The fraction of sp³-hybridized carbons (Fsp3) is 0.750. The van der Waals surface area contributed by atoms with E-state index in [1.54, 1.807) is 4.68 Å². The molecule has 0 aliphatic carbocycles. The molecule has 0 radical (unpaired) electrons. The van der Waals surface area contributed by atoms with Crippen molar-refractivity contribution in [3.63, 3.8) is 0 Å². The number of nitrogens with zero attached hydrogens (tertiary/aromatic N) is 2. The highest BCUT2D eigenvalue weighted by molar-refractivity contribution is 5.04. The van der Waals surface area contributed by atoms with Gasteiger partial charge in [-0.3, -0.25) is 16.0 Å². The molecule has 1 aliphatic heterocycles. The van der Waals surface area contributed by atoms with E-state index < -0.39 is 0 Å². The number of nitrogens with two attached hydrogens (primary N) is 1. The number of aromatic nitrogens is 2. The van der Waals surface area contributed by atoms with Crippen molar-refractivity contribution >= 4 is 0 Å². The third kappa shape index (κ3) is 3.52. The van der Waals surface area contributed by atoms with Gasteiger partial charge in [-0.05, 0) is 38.2 Å². The minimum atomic E-state index is 0.151. The van der Waals surface area contributed by atoms with E-state index in [0.29, 0.717) is 6.10 Å². The normalized spacial score (nSPS) is 21.9. The zero-order valence-corrected chi connectivity index (χ0v) is 10.4. The quantitative estimate of drug-likeness (QED) is 0.578. The molecule has 2 atom stereocenters. The Morgan fingerprint density at radius 1 is 1.71 bits per heavy atom. The molecule has 0 aromatic carbocycles. The van der Waals surface area contributed by atoms with Gasteiger partial charge in [-0.2, -0.15) is 5.10 Å². The van der Waals surface area contributed by atoms with E-state index in [1.807, 2.05) is 19.3 Å². The summed E-state index contributed by atoms with van der Waals surface area (Å²) in [5, 5.41) is 4.38. The van der Waals surface area contributed by atoms with E-state index in [0.717, 1.165) is 31.6 Å². The van der Waals surface area contributed by atoms with Crippen LogP contribution in [0, 0.1) is 0 Å². The average Bonchev–Trinajstić information content (AvgIpc) is 2.96. The van der Waals surface area contributed by atoms with Crippen LogP contribution in [0.1, 0.15) is 43.8 Å². The van der Waals surface area contributed by atoms with Gasteiger partial charge in [0.25, 0.3) is 0 Å². The lowest BCUT2D eigenvalue weighted by atomic mass is 10.0. The van der Waals surface area contributed by atoms with E-state index in [2.05, 4.69) is 10.5 Å². The van der Waals surface area contributed by atoms with Gasteiger partial charge in [0.1, 0.15) is 0 Å². The lowest BCUT2D eigenvalue weighted by Crippen LogP contribution is -2.28. The van der Waals surface area contributed by atoms with Crippen LogP contribution in [0.15, 0.2) is 12.3 Å². The number of aryl methyl sites for hydroxylation is 1. The Morgan fingerprint density at radius 2 is 2.59 bits per heavy atom. The number of ether oxygens (including phenoxy) is 1. The topological polar surface area (TPSA) is 65.1 Å². The maximum atomic E-state index is 5.61. The molecular weight excluding hydrogens is 216 g/mol. The van der Waals surface area contributed by atoms with E-state index in [-0.39, 0.29) is 6.04 Å². The van der Waals surface area contributed by atoms with E-state index in [9.17, 15) is 0 Å². The van der Waals surface area contributed by atoms with E-state index >= 15 is 0 Å². The summed E-state index contributed by atoms with van der Waals surface area (Å²) in [6, 6.07) is 2.16. The van der Waals surface area contributed by atoms with Gasteiger partial charge >= 0.3 is 0 Å². The summed E-state index contributed by atoms with van der Waals surface area (Å²) < 4.78 is 7.41. The molecule has 1 aromatic heterocycles. The third-order valence-corrected chi connectivity index (χ3v) is 3.34. The van der Waals surface area contributed by atoms with Crippen LogP contribution in [0.3, 0.4) is 0 Å². The minimum Gasteiger partial charge on any atom is -0.378 e. The van der Waals surface area contributed by atoms with Gasteiger partial charge in [0, 0.05) is 19.9 Å². The second kappa shape index (κ2) is 6.14. The highest BCUT2D eigenvalue weighted by Crippen LogP contribution is 2.21. The van der Waals surface area contributed by atoms with Crippen molar-refractivity contribution in [2.24, 2.45) is 12.9 Å². The first-order chi connectivity index (χ1) is 8.29. The molecule has 2 heterocycles. The fourth-order valence-corrected chi connectivity index (χ4v) is 2.36. The number of hydrogen-bond acceptors (Lipinski definition) is 4. The van der Waals surface area contributed by atoms with Crippen LogP contribution < -0.4 is 11.3 Å². The summed E-state index contributed by atoms with van der Waals surface area (Å²) in [5.41, 5.74) is 3.86. The van der Waals surface area contributed by atoms with Crippen LogP contribution in [0.4, 0.5) is 0 Å². The Kier molecular flexibility index (Phi) is 4.53. The molecule has 2 unspecified atom stereocenters. The van der Waals surface area contributed by atoms with Crippen molar-refractivity contribution < 1.29 is 4.74 Å². The van der Waals surface area contributed by atoms with Gasteiger partial charge in [-0.1, -0.05) is 0 Å². The molecule has 1 saturated heterocycles. The molecule has 0 saturated carbocycles. The van der Waals surface area contributed by atoms with Crippen LogP contribution in [0.2, 0.25) is 0 Å². The smallest absolute Gasteiger partial charge is 0.0807 e. The van der Waals surface area contributed by atoms with Crippen LogP contribution >= 0.6 is 0 Å². The Labute approximate surface area is 102 Å². The lowest BCUT2D eigenvalue weighted by molar-refractivity contribution is 0.101. The van der Waals surface area contributed by atoms with Crippen molar-refractivity contribution in [2.75, 3.05) is 6.61 Å². The van der Waals surface area contributed by atoms with Gasteiger partial charge in [0.2, 0.25) is 0 Å². The Hall–Kier alpha value is -0.910. The Bertz CT molecular complexity index is 333. The second-order valence-electron chi connectivity index (χ2n) is 4.70. The number of nitrogens with one attached hydrogen (secondary N) is 1. The molecule has 0 amide bonds. The van der Waals surface area contributed by atoms with Crippen molar-refractivity contribution in [2.45, 2.75) is 44.2 Å². The molecule has 0 bridgehead atoms. The summed E-state index contributed by atoms with van der Waals surface area (Å²) in [6.07, 6.45) is 8.10. The van der Waals surface area contributed by atoms with Gasteiger partial charge in [0.15, 0.2) is 0 Å². The molecule has 1 aromatic rings. The molecule has 0 spiro atoms. The van der Waals surface area contributed by atoms with Crippen LogP contribution in [0.25, 0.3) is 0 Å². The first-order valence-electron chi connectivity index (χ1n) is 6.37. The molecular formula is C12H22N4O. The Balaban J connectivity index is 1.75. The number of hydrazine groups is 1. The second-order valence-corrected chi connectivity index (χ2v) is 4.70. The zero-order valence-electron chi connectivity index (χ0n) is 10.4. The molecule has 5 heteroatoms. The van der Waals surface area contributed by atoms with Crippen molar-refractivity contribution in [3.05, 3.63) is 18.0 Å². The summed E-state index contributed by atoms with van der Waals surface area (Å²) >= 11 is 0. The van der Waals surface area contributed by atoms with Gasteiger partial charge in [0.05, 0.1) is 17.8 Å². The van der Waals surface area contributed by atoms with Crippen LogP contribution in [-0.2, 0) is 11.8 Å². The van der Waals surface area contributed by atoms with E-state index in [4.69, 9.17) is 10.6 Å². The van der Waals surface area contributed by atoms with Crippen LogP contribution in [0.5, 0.6) is 0 Å². The summed E-state index contributed by atoms with van der Waals surface area (Å²) in [4.78, 5) is 0. The first-order valence-corrected chi connectivity index (χ1v) is 6.37. The molecule has 2 rings (SSSR count). The summed E-state index contributed by atoms with van der Waals surface area (Å²) in [5.74, 6) is 5.58. The highest BCUT2D eigenvalue weighted by atomic mass is 16.5. The molecule has 1 fully saturated rings. The average molecular weight is 238 g/mol. The highest BCUT2D eigenvalue weighted by Gasteiger charge is 2.17. The summed E-state index contributed by atoms with van der Waals surface area (Å²) in [6.45, 7) is 0.934. The van der Waals surface area contributed by atoms with Crippen molar-refractivity contribution in [1.29, 1.82) is 0 Å². The molecule has 17 heavy (non-hydrogen) atoms. The number of rotatable bonds is 6. The number of hydrogen-bond donors (Lipinski definition) is 2. The molecule has 96 valence electrons. The molecule has 5 nitrogen and oxygen atoms in total. The van der Waals surface area contributed by atoms with Gasteiger partial charge in [-0.15, -0.1) is 0 Å². The zero-order chi connectivity index (χ0) is 12.1. The predicted molar refractivity (Wildman–Crippen MR) is 66.1 cm³/mol. The van der Waals surface area contributed by atoms with Crippen LogP contribution in [-0.4, -0.2) is 22.5 Å². The van der Waals surface area contributed by atoms with E-state index in [1.165, 1.54) is 12.8 Å². The third-order valence-electron chi connectivity index (χ3n) is 3.34. The molecule has 3 N–H and O–H groups in total. The fourth-order valence-electron chi connectivity index (χ4n) is 2.36. The lowest BCUT2D eigenvalue weighted by Gasteiger charge is -2.15. The maximum Gasteiger partial charge on any atom is 0.0807 e. The monoisotopic (exact) mass is 238 g/mol. The van der Waals surface area contributed by atoms with Crippen molar-refractivity contribution in [1.82, 2.24) is 15.2 Å². The predicted octanol–water partition coefficient (Wildman–Crippen LogP) is 1.27. The SMILES string of the molecule is Cn1ccc(C(CCCC2CCCO2)NN)n1. The van der Waals surface area contributed by atoms with Gasteiger partial charge in [-0.25, -0.2) is 0 Å².